The molecular formula is C30H28F4O. The van der Waals surface area contributed by atoms with Crippen LogP contribution in [0.4, 0.5) is 17.6 Å². The summed E-state index contributed by atoms with van der Waals surface area (Å²) in [5, 5.41) is 0. The minimum Gasteiger partial charge on any atom is -0.486 e. The molecule has 0 unspecified atom stereocenters. The fourth-order valence-electron chi connectivity index (χ4n) is 4.57. The molecule has 0 bridgehead atoms. The molecule has 1 aliphatic rings. The van der Waals surface area contributed by atoms with E-state index in [0.717, 1.165) is 25.7 Å². The molecule has 1 nitrogen and oxygen atoms in total. The van der Waals surface area contributed by atoms with Gasteiger partial charge in [-0.05, 0) is 53.5 Å². The van der Waals surface area contributed by atoms with Crippen LogP contribution in [0.1, 0.15) is 55.2 Å². The van der Waals surface area contributed by atoms with Crippen LogP contribution in [0.15, 0.2) is 61.2 Å². The number of halogens is 4. The van der Waals surface area contributed by atoms with Crippen molar-refractivity contribution in [2.45, 2.75) is 38.5 Å². The Kier molecular flexibility index (Phi) is 7.74. The second-order valence-electron chi connectivity index (χ2n) is 9.12. The maximum absolute atomic E-state index is 14.8. The molecule has 0 heterocycles. The fraction of sp³-hybridized carbons (Fsp3) is 0.267. The van der Waals surface area contributed by atoms with Gasteiger partial charge in [-0.3, -0.25) is 0 Å². The highest BCUT2D eigenvalue weighted by Gasteiger charge is 2.24. The Morgan fingerprint density at radius 3 is 2.20 bits per heavy atom. The SMILES string of the molecule is C=CCOc1ccc(-c2ccc(/C=C/c3ccc(C4CCC(C)CC4)c(F)c3F)cc2)c(F)c1F. The largest absolute Gasteiger partial charge is 0.486 e. The third kappa shape index (κ3) is 5.50. The van der Waals surface area contributed by atoms with E-state index >= 15 is 0 Å². The maximum Gasteiger partial charge on any atom is 0.201 e. The van der Waals surface area contributed by atoms with Crippen molar-refractivity contribution in [1.82, 2.24) is 0 Å². The molecule has 0 N–H and O–H groups in total. The van der Waals surface area contributed by atoms with E-state index in [1.165, 1.54) is 24.3 Å². The molecule has 3 aromatic rings. The molecule has 0 radical (unpaired) electrons. The van der Waals surface area contributed by atoms with Crippen molar-refractivity contribution in [3.05, 3.63) is 101 Å². The lowest BCUT2D eigenvalue weighted by molar-refractivity contribution is 0.333. The summed E-state index contributed by atoms with van der Waals surface area (Å²) in [6, 6.07) is 12.8. The van der Waals surface area contributed by atoms with E-state index in [2.05, 4.69) is 13.5 Å². The molecule has 0 spiro atoms. The number of benzene rings is 3. The second-order valence-corrected chi connectivity index (χ2v) is 9.12. The number of ether oxygens (including phenoxy) is 1. The van der Waals surface area contributed by atoms with Gasteiger partial charge in [0.25, 0.3) is 0 Å². The van der Waals surface area contributed by atoms with Gasteiger partial charge >= 0.3 is 0 Å². The minimum atomic E-state index is -1.06. The lowest BCUT2D eigenvalue weighted by Gasteiger charge is -2.27. The van der Waals surface area contributed by atoms with Crippen LogP contribution in [0, 0.1) is 29.2 Å². The van der Waals surface area contributed by atoms with Crippen molar-refractivity contribution in [2.75, 3.05) is 6.61 Å². The summed E-state index contributed by atoms with van der Waals surface area (Å²) in [5.74, 6) is -3.13. The Labute approximate surface area is 203 Å². The summed E-state index contributed by atoms with van der Waals surface area (Å²) in [7, 11) is 0. The Balaban J connectivity index is 1.50. The van der Waals surface area contributed by atoms with Crippen LogP contribution in [-0.4, -0.2) is 6.61 Å². The summed E-state index contributed by atoms with van der Waals surface area (Å²) >= 11 is 0. The van der Waals surface area contributed by atoms with Gasteiger partial charge in [0.05, 0.1) is 0 Å². The third-order valence-electron chi connectivity index (χ3n) is 6.68. The van der Waals surface area contributed by atoms with Crippen LogP contribution >= 0.6 is 0 Å². The first kappa shape index (κ1) is 24.8. The molecule has 1 fully saturated rings. The van der Waals surface area contributed by atoms with E-state index in [-0.39, 0.29) is 29.4 Å². The van der Waals surface area contributed by atoms with Gasteiger partial charge in [0, 0.05) is 11.1 Å². The van der Waals surface area contributed by atoms with Crippen LogP contribution < -0.4 is 4.74 Å². The van der Waals surface area contributed by atoms with Crippen molar-refractivity contribution in [1.29, 1.82) is 0 Å². The lowest BCUT2D eigenvalue weighted by Crippen LogP contribution is -2.13. The van der Waals surface area contributed by atoms with Crippen molar-refractivity contribution < 1.29 is 22.3 Å². The average molecular weight is 481 g/mol. The van der Waals surface area contributed by atoms with Crippen LogP contribution in [0.2, 0.25) is 0 Å². The number of hydrogen-bond acceptors (Lipinski definition) is 1. The molecule has 182 valence electrons. The standard InChI is InChI=1S/C30H28F4O/c1-3-18-35-26-17-16-25(29(33)30(26)34)22-11-6-20(7-12-22)8-13-23-14-15-24(28(32)27(23)31)21-9-4-19(2)5-10-21/h3,6-8,11-17,19,21H,1,4-5,9-10,18H2,2H3/b13-8+. The zero-order chi connectivity index (χ0) is 24.9. The summed E-state index contributed by atoms with van der Waals surface area (Å²) in [6.07, 6.45) is 8.46. The molecule has 3 aromatic carbocycles. The van der Waals surface area contributed by atoms with E-state index in [9.17, 15) is 17.6 Å². The monoisotopic (exact) mass is 480 g/mol. The molecule has 0 aliphatic heterocycles. The van der Waals surface area contributed by atoms with E-state index in [1.807, 2.05) is 0 Å². The van der Waals surface area contributed by atoms with Gasteiger partial charge in [0.2, 0.25) is 5.82 Å². The van der Waals surface area contributed by atoms with Gasteiger partial charge in [0.15, 0.2) is 23.2 Å². The first-order valence-corrected chi connectivity index (χ1v) is 11.9. The molecule has 5 heteroatoms. The first-order chi connectivity index (χ1) is 16.9. The molecule has 0 amide bonds. The van der Waals surface area contributed by atoms with Crippen LogP contribution in [0.5, 0.6) is 5.75 Å². The third-order valence-corrected chi connectivity index (χ3v) is 6.68. The maximum atomic E-state index is 14.8. The van der Waals surface area contributed by atoms with E-state index in [0.29, 0.717) is 22.6 Å². The fourth-order valence-corrected chi connectivity index (χ4v) is 4.57. The predicted octanol–water partition coefficient (Wildman–Crippen LogP) is 8.94. The quantitative estimate of drug-likeness (QED) is 0.186. The number of rotatable bonds is 7. The molecular weight excluding hydrogens is 452 g/mol. The van der Waals surface area contributed by atoms with Gasteiger partial charge in [-0.2, -0.15) is 4.39 Å². The summed E-state index contributed by atoms with van der Waals surface area (Å²) in [5.41, 5.74) is 1.93. The highest BCUT2D eigenvalue weighted by Crippen LogP contribution is 2.37. The highest BCUT2D eigenvalue weighted by molar-refractivity contribution is 5.73. The van der Waals surface area contributed by atoms with Crippen molar-refractivity contribution in [3.8, 4) is 16.9 Å². The zero-order valence-electron chi connectivity index (χ0n) is 19.7. The Morgan fingerprint density at radius 1 is 0.800 bits per heavy atom. The van der Waals surface area contributed by atoms with Crippen LogP contribution in [0.25, 0.3) is 23.3 Å². The Hall–Kier alpha value is -3.34. The summed E-state index contributed by atoms with van der Waals surface area (Å²) in [4.78, 5) is 0. The zero-order valence-corrected chi connectivity index (χ0v) is 19.7. The van der Waals surface area contributed by atoms with Crippen molar-refractivity contribution in [2.24, 2.45) is 5.92 Å². The Bertz CT molecular complexity index is 1220. The van der Waals surface area contributed by atoms with Crippen molar-refractivity contribution >= 4 is 12.2 Å². The molecule has 1 aliphatic carbocycles. The molecule has 0 atom stereocenters. The molecule has 4 rings (SSSR count). The van der Waals surface area contributed by atoms with Gasteiger partial charge in [-0.1, -0.05) is 81.0 Å². The lowest BCUT2D eigenvalue weighted by atomic mass is 9.79. The smallest absolute Gasteiger partial charge is 0.201 e. The molecule has 35 heavy (non-hydrogen) atoms. The molecule has 0 saturated heterocycles. The first-order valence-electron chi connectivity index (χ1n) is 11.9. The van der Waals surface area contributed by atoms with Gasteiger partial charge in [-0.15, -0.1) is 0 Å². The summed E-state index contributed by atoms with van der Waals surface area (Å²) in [6.45, 7) is 5.75. The summed E-state index contributed by atoms with van der Waals surface area (Å²) < 4.78 is 63.5. The Morgan fingerprint density at radius 2 is 1.51 bits per heavy atom. The topological polar surface area (TPSA) is 9.23 Å². The molecule has 1 saturated carbocycles. The van der Waals surface area contributed by atoms with E-state index in [4.69, 9.17) is 4.74 Å². The van der Waals surface area contributed by atoms with Gasteiger partial charge in [-0.25, -0.2) is 13.2 Å². The van der Waals surface area contributed by atoms with Gasteiger partial charge in [0.1, 0.15) is 6.61 Å². The molecule has 0 aromatic heterocycles. The normalized spacial score (nSPS) is 18.1. The van der Waals surface area contributed by atoms with E-state index < -0.39 is 23.3 Å². The van der Waals surface area contributed by atoms with Crippen LogP contribution in [0.3, 0.4) is 0 Å². The number of hydrogen-bond donors (Lipinski definition) is 0. The van der Waals surface area contributed by atoms with Gasteiger partial charge < -0.3 is 4.74 Å². The average Bonchev–Trinajstić information content (AvgIpc) is 2.87. The highest BCUT2D eigenvalue weighted by atomic mass is 19.2. The second kappa shape index (κ2) is 10.9. The van der Waals surface area contributed by atoms with E-state index in [1.54, 1.807) is 42.5 Å². The van der Waals surface area contributed by atoms with Crippen molar-refractivity contribution in [3.63, 3.8) is 0 Å². The minimum absolute atomic E-state index is 0.0686. The predicted molar refractivity (Wildman–Crippen MR) is 133 cm³/mol. The van der Waals surface area contributed by atoms with Crippen LogP contribution in [-0.2, 0) is 0 Å².